The fourth-order valence-corrected chi connectivity index (χ4v) is 7.39. The molecule has 0 aliphatic heterocycles. The van der Waals surface area contributed by atoms with Gasteiger partial charge in [0.25, 0.3) is 0 Å². The van der Waals surface area contributed by atoms with Crippen LogP contribution in [0.25, 0.3) is 88.8 Å². The number of para-hydroxylation sites is 4. The molecular formula is C48H29N5O2. The number of benzene rings is 7. The van der Waals surface area contributed by atoms with Gasteiger partial charge in [0.1, 0.15) is 11.0 Å². The monoisotopic (exact) mass is 707 g/mol. The van der Waals surface area contributed by atoms with Crippen LogP contribution in [-0.4, -0.2) is 19.9 Å². The first-order chi connectivity index (χ1) is 27.2. The zero-order chi connectivity index (χ0) is 36.3. The Kier molecular flexibility index (Phi) is 7.03. The average Bonchev–Trinajstić information content (AvgIpc) is 3.89. The molecule has 0 saturated heterocycles. The van der Waals surface area contributed by atoms with E-state index in [1.54, 1.807) is 0 Å². The summed E-state index contributed by atoms with van der Waals surface area (Å²) in [6.07, 6.45) is 3.77. The van der Waals surface area contributed by atoms with E-state index < -0.39 is 0 Å². The first-order valence-electron chi connectivity index (χ1n) is 18.1. The van der Waals surface area contributed by atoms with E-state index in [-0.39, 0.29) is 0 Å². The highest BCUT2D eigenvalue weighted by atomic mass is 16.4. The van der Waals surface area contributed by atoms with Gasteiger partial charge in [0.15, 0.2) is 11.2 Å². The zero-order valence-electron chi connectivity index (χ0n) is 29.3. The Hall–Kier alpha value is -7.64. The molecule has 0 bridgehead atoms. The number of hydrogen-bond acceptors (Lipinski definition) is 7. The van der Waals surface area contributed by atoms with Crippen molar-refractivity contribution in [2.45, 2.75) is 0 Å². The molecule has 7 aromatic carbocycles. The Bertz CT molecular complexity index is 3040. The maximum atomic E-state index is 6.08. The van der Waals surface area contributed by atoms with E-state index in [9.17, 15) is 0 Å². The van der Waals surface area contributed by atoms with Crippen LogP contribution in [-0.2, 0) is 0 Å². The van der Waals surface area contributed by atoms with Crippen LogP contribution in [0, 0.1) is 0 Å². The third-order valence-electron chi connectivity index (χ3n) is 10.2. The molecule has 0 N–H and O–H groups in total. The van der Waals surface area contributed by atoms with Crippen LogP contribution in [0.4, 0.5) is 17.1 Å². The number of rotatable bonds is 6. The standard InChI is InChI=1S/C48H29N5O2/c1-3-9-43-41(7-1)51-47(54-43)31-15-20-38(21-16-31)53(39-22-17-32(18-23-39)48-52-42-8-2-4-10-44(42)55-48)40-24-19-33-26-34(12-13-35(33)28-40)37-27-36-14-11-30-6-5-25-49-45(30)46(36)50-29-37/h1-29H. The summed E-state index contributed by atoms with van der Waals surface area (Å²) in [4.78, 5) is 21.1. The first-order valence-corrected chi connectivity index (χ1v) is 18.1. The second-order valence-corrected chi connectivity index (χ2v) is 13.6. The summed E-state index contributed by atoms with van der Waals surface area (Å²) >= 11 is 0. The number of aromatic nitrogens is 4. The van der Waals surface area contributed by atoms with Crippen molar-refractivity contribution >= 4 is 71.8 Å². The van der Waals surface area contributed by atoms with Crippen LogP contribution in [0.3, 0.4) is 0 Å². The first kappa shape index (κ1) is 30.9. The van der Waals surface area contributed by atoms with Crippen molar-refractivity contribution in [3.05, 3.63) is 176 Å². The third-order valence-corrected chi connectivity index (χ3v) is 10.2. The molecule has 258 valence electrons. The maximum absolute atomic E-state index is 6.08. The highest BCUT2D eigenvalue weighted by Crippen LogP contribution is 2.39. The van der Waals surface area contributed by atoms with Gasteiger partial charge in [-0.2, -0.15) is 0 Å². The molecule has 0 amide bonds. The van der Waals surface area contributed by atoms with Gasteiger partial charge in [-0.1, -0.05) is 60.7 Å². The lowest BCUT2D eigenvalue weighted by molar-refractivity contribution is 0.619. The normalized spacial score (nSPS) is 11.6. The third kappa shape index (κ3) is 5.45. The van der Waals surface area contributed by atoms with Gasteiger partial charge in [0.05, 0.1) is 11.0 Å². The average molecular weight is 708 g/mol. The van der Waals surface area contributed by atoms with Gasteiger partial charge in [0, 0.05) is 56.9 Å². The van der Waals surface area contributed by atoms with Gasteiger partial charge in [0.2, 0.25) is 11.8 Å². The number of fused-ring (bicyclic) bond motifs is 6. The van der Waals surface area contributed by atoms with E-state index >= 15 is 0 Å². The number of pyridine rings is 2. The highest BCUT2D eigenvalue weighted by Gasteiger charge is 2.17. The Labute approximate surface area is 314 Å². The van der Waals surface area contributed by atoms with Crippen molar-refractivity contribution < 1.29 is 8.83 Å². The summed E-state index contributed by atoms with van der Waals surface area (Å²) in [5.41, 5.74) is 12.0. The minimum Gasteiger partial charge on any atom is -0.436 e. The fraction of sp³-hybridized carbons (Fsp3) is 0. The topological polar surface area (TPSA) is 81.1 Å². The SMILES string of the molecule is c1cnc2c(c1)ccc1cc(-c3ccc4cc(N(c5ccc(-c6nc7ccccc7o6)cc5)c5ccc(-c6nc7ccccc7o6)cc5)ccc4c3)cnc12. The highest BCUT2D eigenvalue weighted by molar-refractivity contribution is 6.04. The van der Waals surface area contributed by atoms with Gasteiger partial charge in [-0.05, 0) is 119 Å². The number of oxazole rings is 2. The predicted molar refractivity (Wildman–Crippen MR) is 221 cm³/mol. The molecule has 0 fully saturated rings. The van der Waals surface area contributed by atoms with Crippen molar-refractivity contribution in [1.29, 1.82) is 0 Å². The van der Waals surface area contributed by atoms with Crippen LogP contribution in [0.15, 0.2) is 185 Å². The van der Waals surface area contributed by atoms with Crippen LogP contribution < -0.4 is 4.90 Å². The Balaban J connectivity index is 0.969. The molecule has 11 rings (SSSR count). The second kappa shape index (κ2) is 12.5. The number of hydrogen-bond donors (Lipinski definition) is 0. The lowest BCUT2D eigenvalue weighted by atomic mass is 10.00. The fourth-order valence-electron chi connectivity index (χ4n) is 7.39. The molecule has 7 heteroatoms. The van der Waals surface area contributed by atoms with Crippen molar-refractivity contribution in [3.63, 3.8) is 0 Å². The molecule has 4 heterocycles. The Morgan fingerprint density at radius 1 is 0.382 bits per heavy atom. The van der Waals surface area contributed by atoms with E-state index in [1.165, 1.54) is 0 Å². The largest absolute Gasteiger partial charge is 0.436 e. The van der Waals surface area contributed by atoms with E-state index in [2.05, 4.69) is 119 Å². The molecule has 0 aliphatic carbocycles. The summed E-state index contributed by atoms with van der Waals surface area (Å²) in [6, 6.07) is 56.0. The van der Waals surface area contributed by atoms with Crippen molar-refractivity contribution in [1.82, 2.24) is 19.9 Å². The van der Waals surface area contributed by atoms with Gasteiger partial charge in [-0.3, -0.25) is 9.97 Å². The van der Waals surface area contributed by atoms with Gasteiger partial charge < -0.3 is 13.7 Å². The molecule has 0 spiro atoms. The maximum Gasteiger partial charge on any atom is 0.227 e. The second-order valence-electron chi connectivity index (χ2n) is 13.6. The van der Waals surface area contributed by atoms with E-state index in [0.29, 0.717) is 11.8 Å². The summed E-state index contributed by atoms with van der Waals surface area (Å²) < 4.78 is 12.2. The molecule has 4 aromatic heterocycles. The molecule has 0 atom stereocenters. The smallest absolute Gasteiger partial charge is 0.227 e. The van der Waals surface area contributed by atoms with Crippen molar-refractivity contribution in [2.75, 3.05) is 4.90 Å². The van der Waals surface area contributed by atoms with Crippen molar-refractivity contribution in [3.8, 4) is 34.0 Å². The minimum absolute atomic E-state index is 0.593. The number of anilines is 3. The van der Waals surface area contributed by atoms with Crippen LogP contribution in [0.5, 0.6) is 0 Å². The zero-order valence-corrected chi connectivity index (χ0v) is 29.3. The summed E-state index contributed by atoms with van der Waals surface area (Å²) in [7, 11) is 0. The minimum atomic E-state index is 0.593. The van der Waals surface area contributed by atoms with Crippen LogP contribution in [0.2, 0.25) is 0 Å². The molecule has 55 heavy (non-hydrogen) atoms. The lowest BCUT2D eigenvalue weighted by Crippen LogP contribution is -2.09. The van der Waals surface area contributed by atoms with E-state index in [4.69, 9.17) is 23.8 Å². The van der Waals surface area contributed by atoms with Crippen LogP contribution in [0.1, 0.15) is 0 Å². The lowest BCUT2D eigenvalue weighted by Gasteiger charge is -2.26. The molecule has 0 saturated carbocycles. The molecule has 0 unspecified atom stereocenters. The van der Waals surface area contributed by atoms with Crippen LogP contribution >= 0.6 is 0 Å². The van der Waals surface area contributed by atoms with Crippen molar-refractivity contribution in [2.24, 2.45) is 0 Å². The Morgan fingerprint density at radius 3 is 1.58 bits per heavy atom. The van der Waals surface area contributed by atoms with E-state index in [1.807, 2.05) is 67.0 Å². The van der Waals surface area contributed by atoms with Gasteiger partial charge >= 0.3 is 0 Å². The molecule has 0 radical (unpaired) electrons. The van der Waals surface area contributed by atoms with Gasteiger partial charge in [-0.25, -0.2) is 9.97 Å². The quantitative estimate of drug-likeness (QED) is 0.159. The predicted octanol–water partition coefficient (Wildman–Crippen LogP) is 12.7. The van der Waals surface area contributed by atoms with E-state index in [0.717, 1.165) is 94.1 Å². The summed E-state index contributed by atoms with van der Waals surface area (Å²) in [5.74, 6) is 1.19. The molecular weight excluding hydrogens is 679 g/mol. The Morgan fingerprint density at radius 2 is 0.909 bits per heavy atom. The molecule has 0 aliphatic rings. The molecule has 11 aromatic rings. The number of nitrogens with zero attached hydrogens (tertiary/aromatic N) is 5. The summed E-state index contributed by atoms with van der Waals surface area (Å²) in [5, 5.41) is 4.42. The summed E-state index contributed by atoms with van der Waals surface area (Å²) in [6.45, 7) is 0. The van der Waals surface area contributed by atoms with Gasteiger partial charge in [-0.15, -0.1) is 0 Å². The molecule has 7 nitrogen and oxygen atoms in total.